The summed E-state index contributed by atoms with van der Waals surface area (Å²) in [6.07, 6.45) is 6.35. The summed E-state index contributed by atoms with van der Waals surface area (Å²) in [5.74, 6) is 0.322. The molecule has 1 N–H and O–H groups in total. The standard InChI is InChI=1S/C13H22N2O2/c1-5-6-7-8-12-14(4)10(2)9-15(12)11(3)13(16)17/h9,11H,5-8H2,1-4H3/p+1. The SMILES string of the molecule is CCCCCc1n(C)c(C)c[n+]1C(C)C(=O)O. The molecule has 0 aromatic carbocycles. The zero-order chi connectivity index (χ0) is 13.0. The van der Waals surface area contributed by atoms with E-state index in [1.165, 1.54) is 12.8 Å². The molecule has 1 aromatic rings. The number of imidazole rings is 1. The van der Waals surface area contributed by atoms with E-state index in [0.29, 0.717) is 0 Å². The van der Waals surface area contributed by atoms with Gasteiger partial charge >= 0.3 is 5.97 Å². The van der Waals surface area contributed by atoms with Crippen LogP contribution in [0.5, 0.6) is 0 Å². The van der Waals surface area contributed by atoms with Gasteiger partial charge in [-0.25, -0.2) is 13.9 Å². The van der Waals surface area contributed by atoms with E-state index >= 15 is 0 Å². The molecule has 4 heteroatoms. The predicted molar refractivity (Wildman–Crippen MR) is 65.9 cm³/mol. The van der Waals surface area contributed by atoms with Gasteiger partial charge in [0.2, 0.25) is 0 Å². The summed E-state index contributed by atoms with van der Waals surface area (Å²) in [7, 11) is 2.00. The Morgan fingerprint density at radius 1 is 1.53 bits per heavy atom. The van der Waals surface area contributed by atoms with Gasteiger partial charge in [0.25, 0.3) is 5.82 Å². The Morgan fingerprint density at radius 2 is 2.18 bits per heavy atom. The first-order valence-electron chi connectivity index (χ1n) is 6.28. The second kappa shape index (κ2) is 5.84. The number of hydrogen-bond acceptors (Lipinski definition) is 1. The average Bonchev–Trinajstić information content (AvgIpc) is 2.56. The van der Waals surface area contributed by atoms with E-state index in [4.69, 9.17) is 5.11 Å². The van der Waals surface area contributed by atoms with Crippen LogP contribution in [0.15, 0.2) is 6.20 Å². The van der Waals surface area contributed by atoms with E-state index in [-0.39, 0.29) is 0 Å². The Kier molecular flexibility index (Phi) is 4.73. The van der Waals surface area contributed by atoms with E-state index in [1.807, 2.05) is 24.7 Å². The highest BCUT2D eigenvalue weighted by Gasteiger charge is 2.26. The van der Waals surface area contributed by atoms with Gasteiger partial charge < -0.3 is 5.11 Å². The van der Waals surface area contributed by atoms with Crippen LogP contribution in [0, 0.1) is 6.92 Å². The maximum Gasteiger partial charge on any atom is 0.349 e. The molecule has 17 heavy (non-hydrogen) atoms. The van der Waals surface area contributed by atoms with Crippen LogP contribution in [-0.4, -0.2) is 15.6 Å². The van der Waals surface area contributed by atoms with Crippen LogP contribution in [0.2, 0.25) is 0 Å². The third-order valence-corrected chi connectivity index (χ3v) is 3.32. The van der Waals surface area contributed by atoms with E-state index in [2.05, 4.69) is 11.5 Å². The number of rotatable bonds is 6. The number of carboxylic acids is 1. The summed E-state index contributed by atoms with van der Waals surface area (Å²) in [6.45, 7) is 5.91. The minimum absolute atomic E-state index is 0.494. The summed E-state index contributed by atoms with van der Waals surface area (Å²) in [4.78, 5) is 11.1. The lowest BCUT2D eigenvalue weighted by atomic mass is 10.2. The number of aryl methyl sites for hydroxylation is 1. The number of hydrogen-bond donors (Lipinski definition) is 1. The maximum atomic E-state index is 11.1. The van der Waals surface area contributed by atoms with Crippen molar-refractivity contribution in [3.8, 4) is 0 Å². The van der Waals surface area contributed by atoms with Crippen LogP contribution in [-0.2, 0) is 18.3 Å². The largest absolute Gasteiger partial charge is 0.478 e. The maximum absolute atomic E-state index is 11.1. The van der Waals surface area contributed by atoms with Gasteiger partial charge in [-0.3, -0.25) is 0 Å². The normalized spacial score (nSPS) is 12.7. The van der Waals surface area contributed by atoms with Gasteiger partial charge in [0.05, 0.1) is 7.05 Å². The molecular formula is C13H23N2O2+. The molecule has 0 spiro atoms. The molecule has 1 atom stereocenters. The van der Waals surface area contributed by atoms with Crippen LogP contribution < -0.4 is 4.57 Å². The first-order chi connectivity index (χ1) is 7.99. The topological polar surface area (TPSA) is 46.1 Å². The predicted octanol–water partition coefficient (Wildman–Crippen LogP) is 2.00. The molecule has 1 aromatic heterocycles. The fourth-order valence-corrected chi connectivity index (χ4v) is 2.02. The molecule has 0 aliphatic carbocycles. The summed E-state index contributed by atoms with van der Waals surface area (Å²) >= 11 is 0. The number of nitrogens with zero attached hydrogens (tertiary/aromatic N) is 2. The molecule has 0 fully saturated rings. The van der Waals surface area contributed by atoms with Gasteiger partial charge in [-0.05, 0) is 13.3 Å². The van der Waals surface area contributed by atoms with E-state index in [9.17, 15) is 4.79 Å². The van der Waals surface area contributed by atoms with Crippen molar-refractivity contribution in [2.75, 3.05) is 0 Å². The lowest BCUT2D eigenvalue weighted by molar-refractivity contribution is -0.714. The molecule has 0 amide bonds. The highest BCUT2D eigenvalue weighted by molar-refractivity contribution is 5.69. The Balaban J connectivity index is 2.96. The van der Waals surface area contributed by atoms with E-state index < -0.39 is 12.0 Å². The number of aliphatic carboxylic acids is 1. The van der Waals surface area contributed by atoms with Crippen molar-refractivity contribution >= 4 is 5.97 Å². The summed E-state index contributed by atoms with van der Waals surface area (Å²) in [6, 6.07) is -0.494. The zero-order valence-corrected chi connectivity index (χ0v) is 11.2. The molecule has 4 nitrogen and oxygen atoms in total. The fourth-order valence-electron chi connectivity index (χ4n) is 2.02. The Labute approximate surface area is 103 Å². The average molecular weight is 239 g/mol. The molecule has 96 valence electrons. The molecule has 1 rings (SSSR count). The van der Waals surface area contributed by atoms with Crippen molar-refractivity contribution in [1.82, 2.24) is 4.57 Å². The summed E-state index contributed by atoms with van der Waals surface area (Å²) < 4.78 is 3.97. The Bertz CT molecular complexity index is 396. The second-order valence-corrected chi connectivity index (χ2v) is 4.62. The Morgan fingerprint density at radius 3 is 2.71 bits per heavy atom. The number of unbranched alkanes of at least 4 members (excludes halogenated alkanes) is 2. The van der Waals surface area contributed by atoms with Gasteiger partial charge in [-0.2, -0.15) is 0 Å². The molecule has 1 heterocycles. The molecule has 0 saturated carbocycles. The van der Waals surface area contributed by atoms with Crippen molar-refractivity contribution < 1.29 is 14.5 Å². The van der Waals surface area contributed by atoms with Crippen LogP contribution in [0.4, 0.5) is 0 Å². The zero-order valence-electron chi connectivity index (χ0n) is 11.2. The quantitative estimate of drug-likeness (QED) is 0.609. The van der Waals surface area contributed by atoms with Crippen molar-refractivity contribution in [1.29, 1.82) is 0 Å². The van der Waals surface area contributed by atoms with Crippen molar-refractivity contribution in [2.45, 2.75) is 52.5 Å². The first-order valence-corrected chi connectivity index (χ1v) is 6.28. The molecule has 1 unspecified atom stereocenters. The van der Waals surface area contributed by atoms with Gasteiger partial charge in [-0.1, -0.05) is 19.8 Å². The Hall–Kier alpha value is -1.32. The molecule has 0 bridgehead atoms. The highest BCUT2D eigenvalue weighted by atomic mass is 16.4. The monoisotopic (exact) mass is 239 g/mol. The van der Waals surface area contributed by atoms with E-state index in [1.54, 1.807) is 6.92 Å². The minimum atomic E-state index is -0.780. The van der Waals surface area contributed by atoms with Crippen molar-refractivity contribution in [2.24, 2.45) is 7.05 Å². The smallest absolute Gasteiger partial charge is 0.349 e. The first kappa shape index (κ1) is 13.7. The fraction of sp³-hybridized carbons (Fsp3) is 0.692. The summed E-state index contributed by atoms with van der Waals surface area (Å²) in [5, 5.41) is 9.10. The van der Waals surface area contributed by atoms with Gasteiger partial charge in [0, 0.05) is 13.3 Å². The summed E-state index contributed by atoms with van der Waals surface area (Å²) in [5.41, 5.74) is 1.10. The number of carbonyl (C=O) groups is 1. The third kappa shape index (κ3) is 3.08. The van der Waals surface area contributed by atoms with Crippen LogP contribution in [0.1, 0.15) is 50.7 Å². The van der Waals surface area contributed by atoms with Crippen molar-refractivity contribution in [3.05, 3.63) is 17.7 Å². The number of carboxylic acid groups (broad SMARTS) is 1. The number of aromatic nitrogens is 2. The van der Waals surface area contributed by atoms with Gasteiger partial charge in [-0.15, -0.1) is 0 Å². The van der Waals surface area contributed by atoms with Gasteiger partial charge in [0.1, 0.15) is 11.9 Å². The molecule has 0 radical (unpaired) electrons. The minimum Gasteiger partial charge on any atom is -0.478 e. The van der Waals surface area contributed by atoms with Crippen LogP contribution in [0.25, 0.3) is 0 Å². The van der Waals surface area contributed by atoms with Gasteiger partial charge in [0.15, 0.2) is 6.04 Å². The third-order valence-electron chi connectivity index (χ3n) is 3.32. The molecule has 0 saturated heterocycles. The molecule has 0 aliphatic heterocycles. The lowest BCUT2D eigenvalue weighted by Crippen LogP contribution is -2.44. The van der Waals surface area contributed by atoms with Crippen LogP contribution >= 0.6 is 0 Å². The molecular weight excluding hydrogens is 216 g/mol. The lowest BCUT2D eigenvalue weighted by Gasteiger charge is -2.06. The highest BCUT2D eigenvalue weighted by Crippen LogP contribution is 2.09. The van der Waals surface area contributed by atoms with Crippen molar-refractivity contribution in [3.63, 3.8) is 0 Å². The second-order valence-electron chi connectivity index (χ2n) is 4.62. The van der Waals surface area contributed by atoms with E-state index in [0.717, 1.165) is 24.4 Å². The van der Waals surface area contributed by atoms with Crippen LogP contribution in [0.3, 0.4) is 0 Å². The molecule has 0 aliphatic rings.